The van der Waals surface area contributed by atoms with Crippen molar-refractivity contribution >= 4 is 22.4 Å². The summed E-state index contributed by atoms with van der Waals surface area (Å²) in [4.78, 5) is 14.7. The molecule has 2 heterocycles. The van der Waals surface area contributed by atoms with Gasteiger partial charge in [0.1, 0.15) is 17.1 Å². The number of carbonyl (C=O) groups is 1. The zero-order valence-corrected chi connectivity index (χ0v) is 17.6. The topological polar surface area (TPSA) is 42.7 Å². The molecule has 2 aromatic carbocycles. The molecule has 0 aliphatic carbocycles. The van der Waals surface area contributed by atoms with Crippen LogP contribution < -0.4 is 4.74 Å². The van der Waals surface area contributed by atoms with Crippen molar-refractivity contribution in [3.8, 4) is 16.9 Å². The maximum atomic E-state index is 13.3. The van der Waals surface area contributed by atoms with Crippen molar-refractivity contribution in [2.24, 2.45) is 5.92 Å². The van der Waals surface area contributed by atoms with E-state index in [2.05, 4.69) is 6.92 Å². The molecule has 0 bridgehead atoms. The third-order valence-corrected chi connectivity index (χ3v) is 5.91. The molecule has 156 valence electrons. The van der Waals surface area contributed by atoms with Crippen LogP contribution in [0.1, 0.15) is 32.3 Å². The number of likely N-dealkylation sites (tertiary alicyclic amines) is 1. The predicted molar refractivity (Wildman–Crippen MR) is 117 cm³/mol. The lowest BCUT2D eigenvalue weighted by Gasteiger charge is -2.29. The number of furan rings is 1. The highest BCUT2D eigenvalue weighted by Gasteiger charge is 2.20. The first-order chi connectivity index (χ1) is 14.5. The molecule has 1 aliphatic rings. The molecule has 0 radical (unpaired) electrons. The van der Waals surface area contributed by atoms with Crippen LogP contribution in [-0.2, 0) is 4.79 Å². The minimum Gasteiger partial charge on any atom is -0.496 e. The minimum atomic E-state index is -0.279. The Labute approximate surface area is 175 Å². The molecule has 1 saturated heterocycles. The van der Waals surface area contributed by atoms with E-state index in [1.807, 2.05) is 24.0 Å². The average Bonchev–Trinajstić information content (AvgIpc) is 3.16. The molecule has 0 N–H and O–H groups in total. The van der Waals surface area contributed by atoms with Crippen LogP contribution in [0.5, 0.6) is 5.75 Å². The fourth-order valence-corrected chi connectivity index (χ4v) is 3.97. The molecule has 3 aromatic rings. The quantitative estimate of drug-likeness (QED) is 0.505. The molecule has 1 amide bonds. The summed E-state index contributed by atoms with van der Waals surface area (Å²) < 4.78 is 24.6. The second-order valence-electron chi connectivity index (χ2n) is 8.04. The van der Waals surface area contributed by atoms with E-state index >= 15 is 0 Å². The van der Waals surface area contributed by atoms with Crippen LogP contribution in [0.2, 0.25) is 0 Å². The average molecular weight is 407 g/mol. The largest absolute Gasteiger partial charge is 0.496 e. The van der Waals surface area contributed by atoms with E-state index in [0.29, 0.717) is 17.3 Å². The molecule has 0 unspecified atom stereocenters. The van der Waals surface area contributed by atoms with Gasteiger partial charge in [0.25, 0.3) is 0 Å². The molecule has 1 aromatic heterocycles. The summed E-state index contributed by atoms with van der Waals surface area (Å²) in [5.41, 5.74) is 4.10. The number of halogens is 1. The number of ether oxygens (including phenoxy) is 1. The summed E-state index contributed by atoms with van der Waals surface area (Å²) in [6.07, 6.45) is 5.45. The lowest BCUT2D eigenvalue weighted by molar-refractivity contribution is -0.127. The highest BCUT2D eigenvalue weighted by Crippen LogP contribution is 2.37. The van der Waals surface area contributed by atoms with E-state index in [0.717, 1.165) is 53.6 Å². The van der Waals surface area contributed by atoms with Crippen molar-refractivity contribution in [1.29, 1.82) is 0 Å². The molecule has 0 spiro atoms. The van der Waals surface area contributed by atoms with Crippen molar-refractivity contribution in [3.63, 3.8) is 0 Å². The number of hydrogen-bond acceptors (Lipinski definition) is 3. The molecular weight excluding hydrogens is 381 g/mol. The maximum Gasteiger partial charge on any atom is 0.246 e. The number of amides is 1. The van der Waals surface area contributed by atoms with Crippen molar-refractivity contribution in [1.82, 2.24) is 4.90 Å². The Morgan fingerprint density at radius 2 is 1.90 bits per heavy atom. The van der Waals surface area contributed by atoms with Gasteiger partial charge in [-0.15, -0.1) is 0 Å². The van der Waals surface area contributed by atoms with Crippen LogP contribution in [0.15, 0.2) is 53.2 Å². The van der Waals surface area contributed by atoms with Crippen LogP contribution in [0.25, 0.3) is 27.7 Å². The van der Waals surface area contributed by atoms with E-state index in [-0.39, 0.29) is 11.7 Å². The first kappa shape index (κ1) is 20.2. The van der Waals surface area contributed by atoms with Gasteiger partial charge in [0.15, 0.2) is 0 Å². The molecule has 5 heteroatoms. The second kappa shape index (κ2) is 8.34. The molecule has 4 nitrogen and oxygen atoms in total. The molecule has 0 saturated carbocycles. The van der Waals surface area contributed by atoms with Gasteiger partial charge in [0, 0.05) is 41.7 Å². The van der Waals surface area contributed by atoms with E-state index in [1.54, 1.807) is 31.6 Å². The van der Waals surface area contributed by atoms with Crippen molar-refractivity contribution in [3.05, 3.63) is 60.1 Å². The van der Waals surface area contributed by atoms with Gasteiger partial charge in [-0.2, -0.15) is 0 Å². The molecule has 4 rings (SSSR count). The molecule has 1 aliphatic heterocycles. The van der Waals surface area contributed by atoms with Crippen LogP contribution >= 0.6 is 0 Å². The SMILES string of the molecule is COc1cc2occ(-c3ccc(F)cc3)c2cc1/C(C)=C/C(=O)N1CCC(C)CC1. The van der Waals surface area contributed by atoms with E-state index < -0.39 is 0 Å². The van der Waals surface area contributed by atoms with Crippen molar-refractivity contribution in [2.75, 3.05) is 20.2 Å². The van der Waals surface area contributed by atoms with Gasteiger partial charge in [0.05, 0.1) is 13.4 Å². The lowest BCUT2D eigenvalue weighted by atomic mass is 9.98. The zero-order chi connectivity index (χ0) is 21.3. The highest BCUT2D eigenvalue weighted by atomic mass is 19.1. The fourth-order valence-electron chi connectivity index (χ4n) is 3.97. The van der Waals surface area contributed by atoms with Gasteiger partial charge in [-0.1, -0.05) is 19.1 Å². The summed E-state index contributed by atoms with van der Waals surface area (Å²) in [6.45, 7) is 5.76. The second-order valence-corrected chi connectivity index (χ2v) is 8.04. The lowest BCUT2D eigenvalue weighted by Crippen LogP contribution is -2.36. The highest BCUT2D eigenvalue weighted by molar-refractivity contribution is 6.00. The molecule has 0 atom stereocenters. The summed E-state index contributed by atoms with van der Waals surface area (Å²) >= 11 is 0. The van der Waals surface area contributed by atoms with Crippen LogP contribution in [0.3, 0.4) is 0 Å². The summed E-state index contributed by atoms with van der Waals surface area (Å²) in [5.74, 6) is 1.08. The molecular formula is C25H26FNO3. The first-order valence-corrected chi connectivity index (χ1v) is 10.3. The Bertz CT molecular complexity index is 1090. The maximum absolute atomic E-state index is 13.3. The zero-order valence-electron chi connectivity index (χ0n) is 17.6. The predicted octanol–water partition coefficient (Wildman–Crippen LogP) is 5.91. The Morgan fingerprint density at radius 1 is 1.20 bits per heavy atom. The Kier molecular flexibility index (Phi) is 5.62. The molecule has 30 heavy (non-hydrogen) atoms. The summed E-state index contributed by atoms with van der Waals surface area (Å²) in [6, 6.07) is 10.1. The number of piperidine rings is 1. The van der Waals surface area contributed by atoms with Gasteiger partial charge in [-0.05, 0) is 55.0 Å². The Hall–Kier alpha value is -3.08. The normalized spacial score (nSPS) is 15.6. The van der Waals surface area contributed by atoms with Gasteiger partial charge in [-0.25, -0.2) is 4.39 Å². The van der Waals surface area contributed by atoms with Crippen LogP contribution in [0.4, 0.5) is 4.39 Å². The standard InChI is InChI=1S/C25H26FNO3/c1-16-8-10-27(11-9-16)25(28)12-17(2)20-13-21-22(18-4-6-19(26)7-5-18)15-30-24(21)14-23(20)29-3/h4-7,12-16H,8-11H2,1-3H3/b17-12+. The number of allylic oxidation sites excluding steroid dienone is 1. The monoisotopic (exact) mass is 407 g/mol. The molecule has 1 fully saturated rings. The number of rotatable bonds is 4. The van der Waals surface area contributed by atoms with Gasteiger partial charge < -0.3 is 14.1 Å². The van der Waals surface area contributed by atoms with Crippen molar-refractivity contribution in [2.45, 2.75) is 26.7 Å². The number of carbonyl (C=O) groups excluding carboxylic acids is 1. The van der Waals surface area contributed by atoms with Crippen molar-refractivity contribution < 1.29 is 18.3 Å². The summed E-state index contributed by atoms with van der Waals surface area (Å²) in [7, 11) is 1.61. The first-order valence-electron chi connectivity index (χ1n) is 10.3. The smallest absolute Gasteiger partial charge is 0.246 e. The third kappa shape index (κ3) is 3.97. The fraction of sp³-hybridized carbons (Fsp3) is 0.320. The number of methoxy groups -OCH3 is 1. The van der Waals surface area contributed by atoms with Gasteiger partial charge in [-0.3, -0.25) is 4.79 Å². The third-order valence-electron chi connectivity index (χ3n) is 5.91. The van der Waals surface area contributed by atoms with E-state index in [9.17, 15) is 9.18 Å². The van der Waals surface area contributed by atoms with E-state index in [4.69, 9.17) is 9.15 Å². The Morgan fingerprint density at radius 3 is 2.57 bits per heavy atom. The van der Waals surface area contributed by atoms with Crippen LogP contribution in [0, 0.1) is 11.7 Å². The number of fused-ring (bicyclic) bond motifs is 1. The summed E-state index contributed by atoms with van der Waals surface area (Å²) in [5, 5.41) is 0.893. The van der Waals surface area contributed by atoms with Gasteiger partial charge >= 0.3 is 0 Å². The van der Waals surface area contributed by atoms with E-state index in [1.165, 1.54) is 12.1 Å². The Balaban J connectivity index is 1.71. The number of hydrogen-bond donors (Lipinski definition) is 0. The van der Waals surface area contributed by atoms with Crippen LogP contribution in [-0.4, -0.2) is 31.0 Å². The minimum absolute atomic E-state index is 0.0347. The van der Waals surface area contributed by atoms with Gasteiger partial charge in [0.2, 0.25) is 5.91 Å². The number of benzene rings is 2. The number of nitrogens with zero attached hydrogens (tertiary/aromatic N) is 1.